The predicted octanol–water partition coefficient (Wildman–Crippen LogP) is 3.94. The summed E-state index contributed by atoms with van der Waals surface area (Å²) < 4.78 is 36.0. The summed E-state index contributed by atoms with van der Waals surface area (Å²) in [5.41, 5.74) is 8.67. The van der Waals surface area contributed by atoms with E-state index in [0.29, 0.717) is 35.1 Å². The Morgan fingerprint density at radius 2 is 2.00 bits per heavy atom. The average molecular weight is 452 g/mol. The smallest absolute Gasteiger partial charge is 0.223 e. The van der Waals surface area contributed by atoms with Gasteiger partial charge < -0.3 is 9.47 Å². The van der Waals surface area contributed by atoms with Crippen molar-refractivity contribution in [1.29, 1.82) is 0 Å². The van der Waals surface area contributed by atoms with Crippen LogP contribution in [0.5, 0.6) is 5.88 Å². The summed E-state index contributed by atoms with van der Waals surface area (Å²) in [6, 6.07) is 1.67. The van der Waals surface area contributed by atoms with Gasteiger partial charge in [0.1, 0.15) is 11.3 Å². The number of methoxy groups -OCH3 is 1. The highest BCUT2D eigenvalue weighted by Crippen LogP contribution is 2.41. The zero-order chi connectivity index (χ0) is 21.5. The fraction of sp³-hybridized carbons (Fsp3) is 0.579. The molecule has 1 atom stereocenters. The lowest BCUT2D eigenvalue weighted by Gasteiger charge is -2.35. The molecule has 0 spiro atoms. The highest BCUT2D eigenvalue weighted by molar-refractivity contribution is 7.93. The Balaban J connectivity index is 1.64. The average Bonchev–Trinajstić information content (AvgIpc) is 3.49. The zero-order valence-electron chi connectivity index (χ0n) is 16.7. The van der Waals surface area contributed by atoms with Gasteiger partial charge in [0.05, 0.1) is 28.0 Å². The number of nitrogens with zero attached hydrogens (tertiary/aromatic N) is 5. The van der Waals surface area contributed by atoms with Crippen LogP contribution in [0.15, 0.2) is 23.6 Å². The second-order valence-electron chi connectivity index (χ2n) is 8.05. The fourth-order valence-electron chi connectivity index (χ4n) is 3.86. The molecule has 2 saturated carbocycles. The van der Waals surface area contributed by atoms with E-state index in [2.05, 4.69) is 20.0 Å². The molecule has 160 valence electrons. The van der Waals surface area contributed by atoms with Gasteiger partial charge in [-0.2, -0.15) is 0 Å². The van der Waals surface area contributed by atoms with E-state index < -0.39 is 15.4 Å². The molecule has 2 fully saturated rings. The van der Waals surface area contributed by atoms with E-state index in [1.807, 2.05) is 0 Å². The number of hydrogen-bond donors (Lipinski definition) is 0. The lowest BCUT2D eigenvalue weighted by Crippen LogP contribution is -2.44. The van der Waals surface area contributed by atoms with Crippen LogP contribution in [0.4, 0.5) is 0 Å². The molecule has 2 aliphatic carbocycles. The first-order valence-corrected chi connectivity index (χ1v) is 11.7. The molecule has 0 saturated heterocycles. The van der Waals surface area contributed by atoms with Crippen molar-refractivity contribution in [2.75, 3.05) is 13.7 Å². The van der Waals surface area contributed by atoms with E-state index in [1.165, 1.54) is 7.11 Å². The Kier molecular flexibility index (Phi) is 5.52. The number of ether oxygens (including phenoxy) is 2. The molecule has 2 heterocycles. The molecule has 0 aliphatic heterocycles. The molecule has 0 unspecified atom stereocenters. The molecule has 2 aromatic heterocycles. The summed E-state index contributed by atoms with van der Waals surface area (Å²) in [6.07, 6.45) is 5.40. The van der Waals surface area contributed by atoms with Crippen molar-refractivity contribution in [2.24, 2.45) is 5.11 Å². The Labute approximate surface area is 179 Å². The van der Waals surface area contributed by atoms with Crippen LogP contribution in [0.3, 0.4) is 0 Å². The highest BCUT2D eigenvalue weighted by atomic mass is 35.5. The summed E-state index contributed by atoms with van der Waals surface area (Å²) in [5, 5.41) is 5.01. The van der Waals surface area contributed by atoms with Crippen LogP contribution >= 0.6 is 11.6 Å². The molecular weight excluding hydrogens is 430 g/mol. The number of azide groups is 1. The topological polar surface area (TPSA) is 127 Å². The number of halogens is 1. The third-order valence-corrected chi connectivity index (χ3v) is 8.68. The van der Waals surface area contributed by atoms with Gasteiger partial charge in [-0.25, -0.2) is 18.4 Å². The maximum atomic E-state index is 12.4. The molecule has 0 radical (unpaired) electrons. The first-order chi connectivity index (χ1) is 14.3. The van der Waals surface area contributed by atoms with Crippen LogP contribution in [0.1, 0.15) is 38.2 Å². The first kappa shape index (κ1) is 21.1. The minimum Gasteiger partial charge on any atom is -0.474 e. The summed E-state index contributed by atoms with van der Waals surface area (Å²) in [4.78, 5) is 11.5. The van der Waals surface area contributed by atoms with Crippen LogP contribution in [-0.4, -0.2) is 48.7 Å². The number of fused-ring (bicyclic) bond motifs is 1. The Morgan fingerprint density at radius 1 is 1.27 bits per heavy atom. The zero-order valence-corrected chi connectivity index (χ0v) is 18.2. The number of sulfone groups is 1. The van der Waals surface area contributed by atoms with E-state index in [1.54, 1.807) is 25.4 Å². The normalized spacial score (nSPS) is 23.3. The van der Waals surface area contributed by atoms with Gasteiger partial charge in [0.2, 0.25) is 5.88 Å². The molecular formula is C19H22ClN5O4S. The summed E-state index contributed by atoms with van der Waals surface area (Å²) >= 11 is 6.12. The van der Waals surface area contributed by atoms with Crippen LogP contribution < -0.4 is 4.74 Å². The first-order valence-electron chi connectivity index (χ1n) is 9.68. The van der Waals surface area contributed by atoms with Gasteiger partial charge in [0.15, 0.2) is 9.84 Å². The molecule has 9 nitrogen and oxygen atoms in total. The van der Waals surface area contributed by atoms with Gasteiger partial charge in [-0.15, -0.1) is 0 Å². The van der Waals surface area contributed by atoms with Crippen molar-refractivity contribution in [3.05, 3.63) is 39.6 Å². The van der Waals surface area contributed by atoms with Crippen LogP contribution in [0.2, 0.25) is 5.15 Å². The number of rotatable bonds is 8. The van der Waals surface area contributed by atoms with Crippen molar-refractivity contribution < 1.29 is 17.9 Å². The minimum absolute atomic E-state index is 0.150. The van der Waals surface area contributed by atoms with Gasteiger partial charge in [0, 0.05) is 37.3 Å². The van der Waals surface area contributed by atoms with Gasteiger partial charge in [-0.3, -0.25) is 0 Å². The second kappa shape index (κ2) is 7.85. The molecule has 0 N–H and O–H groups in total. The van der Waals surface area contributed by atoms with Gasteiger partial charge in [-0.1, -0.05) is 16.7 Å². The van der Waals surface area contributed by atoms with Crippen LogP contribution in [-0.2, 0) is 20.1 Å². The maximum absolute atomic E-state index is 12.4. The Morgan fingerprint density at radius 3 is 2.63 bits per heavy atom. The van der Waals surface area contributed by atoms with E-state index in [-0.39, 0.29) is 28.4 Å². The molecule has 4 rings (SSSR count). The third-order valence-electron chi connectivity index (χ3n) is 5.76. The fourth-order valence-corrected chi connectivity index (χ4v) is 6.32. The van der Waals surface area contributed by atoms with Crippen molar-refractivity contribution in [2.45, 2.75) is 54.7 Å². The number of hydrogen-bond acceptors (Lipinski definition) is 7. The highest BCUT2D eigenvalue weighted by Gasteiger charge is 2.47. The number of aromatic nitrogens is 2. The predicted molar refractivity (Wildman–Crippen MR) is 112 cm³/mol. The van der Waals surface area contributed by atoms with E-state index in [9.17, 15) is 8.42 Å². The molecule has 30 heavy (non-hydrogen) atoms. The summed E-state index contributed by atoms with van der Waals surface area (Å²) in [5.74, 6) is 0.353. The molecule has 2 aromatic rings. The van der Waals surface area contributed by atoms with E-state index in [4.69, 9.17) is 26.6 Å². The van der Waals surface area contributed by atoms with Gasteiger partial charge in [-0.05, 0) is 42.3 Å². The lowest BCUT2D eigenvalue weighted by molar-refractivity contribution is 0.119. The van der Waals surface area contributed by atoms with Crippen molar-refractivity contribution >= 4 is 32.2 Å². The standard InChI is InChI=1S/C19H22ClN5O4S/c1-19(10-28-2,24-25-21)16-9-23-18(15-8-22-17(20)7-14(15)16)29-11-5-13(6-11)30(26,27)12-3-4-12/h7-9,11-13H,3-6,10H2,1-2H3/t11-,13+,19-/m1/s1. The van der Waals surface area contributed by atoms with Crippen LogP contribution in [0, 0.1) is 0 Å². The van der Waals surface area contributed by atoms with Crippen LogP contribution in [0.25, 0.3) is 21.2 Å². The minimum atomic E-state index is -3.03. The molecule has 0 bridgehead atoms. The molecule has 0 aromatic carbocycles. The largest absolute Gasteiger partial charge is 0.474 e. The third kappa shape index (κ3) is 3.80. The van der Waals surface area contributed by atoms with Gasteiger partial charge >= 0.3 is 0 Å². The van der Waals surface area contributed by atoms with Crippen molar-refractivity contribution in [1.82, 2.24) is 9.97 Å². The SMILES string of the molecule is COC[C@@](C)(N=[N+]=[N-])c1cnc(O[C@H]2C[C@@H](S(=O)(=O)C3CC3)C2)c2cnc(Cl)cc12. The van der Waals surface area contributed by atoms with E-state index >= 15 is 0 Å². The Bertz CT molecular complexity index is 1130. The molecule has 11 heteroatoms. The Hall–Kier alpha value is -2.13. The molecule has 0 amide bonds. The molecule has 2 aliphatic rings. The monoisotopic (exact) mass is 451 g/mol. The summed E-state index contributed by atoms with van der Waals surface area (Å²) in [7, 11) is -1.51. The van der Waals surface area contributed by atoms with Crippen molar-refractivity contribution in [3.8, 4) is 5.88 Å². The maximum Gasteiger partial charge on any atom is 0.223 e. The number of pyridine rings is 2. The second-order valence-corrected chi connectivity index (χ2v) is 10.9. The summed E-state index contributed by atoms with van der Waals surface area (Å²) in [6.45, 7) is 1.90. The quantitative estimate of drug-likeness (QED) is 0.259. The van der Waals surface area contributed by atoms with Crippen molar-refractivity contribution in [3.63, 3.8) is 0 Å². The van der Waals surface area contributed by atoms with E-state index in [0.717, 1.165) is 12.8 Å². The lowest BCUT2D eigenvalue weighted by atomic mass is 9.91. The van der Waals surface area contributed by atoms with Gasteiger partial charge in [0.25, 0.3) is 0 Å².